The number of halogens is 2. The minimum atomic E-state index is -3.02. The first-order valence-electron chi connectivity index (χ1n) is 12.8. The Morgan fingerprint density at radius 2 is 1.92 bits per heavy atom. The number of hydrogen-bond acceptors (Lipinski definition) is 6. The van der Waals surface area contributed by atoms with Gasteiger partial charge in [-0.05, 0) is 67.9 Å². The largest absolute Gasteiger partial charge is 0.434 e. The molecule has 9 nitrogen and oxygen atoms in total. The molecular formula is C28H27F2N7O2. The van der Waals surface area contributed by atoms with Gasteiger partial charge in [0.15, 0.2) is 5.65 Å². The molecule has 5 aromatic rings. The number of nitrogens with zero attached hydrogens (tertiary/aromatic N) is 6. The molecule has 0 saturated carbocycles. The number of carbonyl (C=O) groups excluding carboxylic acids is 1. The van der Waals surface area contributed by atoms with Crippen molar-refractivity contribution in [3.8, 4) is 17.0 Å². The summed E-state index contributed by atoms with van der Waals surface area (Å²) in [6.07, 6.45) is 8.54. The van der Waals surface area contributed by atoms with Crippen molar-refractivity contribution in [3.05, 3.63) is 72.8 Å². The lowest BCUT2D eigenvalue weighted by atomic mass is 9.97. The summed E-state index contributed by atoms with van der Waals surface area (Å²) in [4.78, 5) is 19.9. The van der Waals surface area contributed by atoms with Crippen LogP contribution in [0.4, 0.5) is 14.5 Å². The third-order valence-electron chi connectivity index (χ3n) is 7.14. The number of alkyl halides is 2. The smallest absolute Gasteiger partial charge is 0.387 e. The van der Waals surface area contributed by atoms with Crippen molar-refractivity contribution in [1.82, 2.24) is 29.3 Å². The van der Waals surface area contributed by atoms with Crippen molar-refractivity contribution in [2.45, 2.75) is 26.0 Å². The number of anilines is 1. The van der Waals surface area contributed by atoms with Crippen molar-refractivity contribution >= 4 is 28.0 Å². The molecule has 0 radical (unpaired) electrons. The molecule has 1 aliphatic heterocycles. The van der Waals surface area contributed by atoms with E-state index in [0.29, 0.717) is 35.1 Å². The van der Waals surface area contributed by atoms with Gasteiger partial charge < -0.3 is 15.0 Å². The molecule has 0 aliphatic carbocycles. The van der Waals surface area contributed by atoms with Crippen LogP contribution in [0.3, 0.4) is 0 Å². The standard InChI is InChI=1S/C28H27F2N7O2/c1-35-11-7-18(8-12-35)16-36-17-23(33-27(38)22-15-32-37-10-4-9-31-26(22)37)25(34-36)21-13-19-5-2-3-6-20(19)14-24(21)39-28(29)30/h2-6,9-10,13-15,17-18,28H,7-8,11-12,16H2,1H3,(H,33,38). The van der Waals surface area contributed by atoms with E-state index in [1.807, 2.05) is 24.3 Å². The van der Waals surface area contributed by atoms with Gasteiger partial charge in [-0.3, -0.25) is 9.48 Å². The zero-order valence-corrected chi connectivity index (χ0v) is 21.3. The lowest BCUT2D eigenvalue weighted by Gasteiger charge is -2.28. The van der Waals surface area contributed by atoms with E-state index in [2.05, 4.69) is 27.3 Å². The summed E-state index contributed by atoms with van der Waals surface area (Å²) in [7, 11) is 2.11. The second-order valence-electron chi connectivity index (χ2n) is 9.83. The Balaban J connectivity index is 1.42. The second-order valence-corrected chi connectivity index (χ2v) is 9.83. The summed E-state index contributed by atoms with van der Waals surface area (Å²) in [5.74, 6) is -0.0306. The minimum Gasteiger partial charge on any atom is -0.434 e. The monoisotopic (exact) mass is 531 g/mol. The molecule has 1 fully saturated rings. The van der Waals surface area contributed by atoms with Crippen molar-refractivity contribution in [1.29, 1.82) is 0 Å². The van der Waals surface area contributed by atoms with Gasteiger partial charge in [0.2, 0.25) is 0 Å². The van der Waals surface area contributed by atoms with Crippen LogP contribution in [0.15, 0.2) is 67.3 Å². The maximum absolute atomic E-state index is 13.5. The summed E-state index contributed by atoms with van der Waals surface area (Å²) in [6.45, 7) is -0.371. The van der Waals surface area contributed by atoms with Gasteiger partial charge in [-0.25, -0.2) is 9.50 Å². The molecule has 0 spiro atoms. The van der Waals surface area contributed by atoms with Crippen LogP contribution < -0.4 is 10.1 Å². The van der Waals surface area contributed by atoms with Crippen molar-refractivity contribution in [3.63, 3.8) is 0 Å². The maximum atomic E-state index is 13.5. The predicted octanol–water partition coefficient (Wildman–Crippen LogP) is 4.94. The van der Waals surface area contributed by atoms with E-state index in [-0.39, 0.29) is 11.3 Å². The van der Waals surface area contributed by atoms with Crippen LogP contribution in [-0.2, 0) is 6.54 Å². The number of ether oxygens (including phenoxy) is 1. The Morgan fingerprint density at radius 3 is 2.69 bits per heavy atom. The normalized spacial score (nSPS) is 14.9. The molecule has 1 saturated heterocycles. The number of nitrogens with one attached hydrogen (secondary N) is 1. The van der Waals surface area contributed by atoms with Crippen molar-refractivity contribution < 1.29 is 18.3 Å². The molecule has 3 aromatic heterocycles. The molecule has 0 unspecified atom stereocenters. The predicted molar refractivity (Wildman–Crippen MR) is 143 cm³/mol. The SMILES string of the molecule is CN1CCC(Cn2cc(NC(=O)c3cnn4cccnc34)c(-c3cc4ccccc4cc3OC(F)F)n2)CC1. The molecule has 6 rings (SSSR count). The number of fused-ring (bicyclic) bond motifs is 2. The van der Waals surface area contributed by atoms with Gasteiger partial charge in [0.25, 0.3) is 5.91 Å². The molecule has 1 N–H and O–H groups in total. The molecule has 1 aliphatic rings. The fourth-order valence-electron chi connectivity index (χ4n) is 5.09. The third kappa shape index (κ3) is 5.17. The van der Waals surface area contributed by atoms with Crippen LogP contribution in [0.25, 0.3) is 27.7 Å². The zero-order valence-electron chi connectivity index (χ0n) is 21.3. The topological polar surface area (TPSA) is 89.6 Å². The number of piperidine rings is 1. The first kappa shape index (κ1) is 24.9. The first-order valence-corrected chi connectivity index (χ1v) is 12.8. The Labute approximate surface area is 223 Å². The summed E-state index contributed by atoms with van der Waals surface area (Å²) < 4.78 is 35.2. The molecule has 2 aromatic carbocycles. The molecule has 200 valence electrons. The van der Waals surface area contributed by atoms with E-state index in [9.17, 15) is 13.6 Å². The van der Waals surface area contributed by atoms with Gasteiger partial charge in [-0.2, -0.15) is 19.0 Å². The quantitative estimate of drug-likeness (QED) is 0.320. The Morgan fingerprint density at radius 1 is 1.15 bits per heavy atom. The molecular weight excluding hydrogens is 504 g/mol. The molecule has 11 heteroatoms. The lowest BCUT2D eigenvalue weighted by molar-refractivity contribution is -0.0493. The number of rotatable bonds is 7. The van der Waals surface area contributed by atoms with E-state index in [0.717, 1.165) is 36.7 Å². The van der Waals surface area contributed by atoms with Crippen LogP contribution >= 0.6 is 0 Å². The van der Waals surface area contributed by atoms with Gasteiger partial charge in [-0.15, -0.1) is 0 Å². The Kier molecular flexibility index (Phi) is 6.65. The first-order chi connectivity index (χ1) is 18.9. The summed E-state index contributed by atoms with van der Waals surface area (Å²) in [5.41, 5.74) is 1.79. The van der Waals surface area contributed by atoms with E-state index in [1.165, 1.54) is 10.7 Å². The van der Waals surface area contributed by atoms with Gasteiger partial charge in [0.1, 0.15) is 17.0 Å². The highest BCUT2D eigenvalue weighted by Gasteiger charge is 2.24. The van der Waals surface area contributed by atoms with Crippen LogP contribution in [0.2, 0.25) is 0 Å². The number of likely N-dealkylation sites (tertiary alicyclic amines) is 1. The van der Waals surface area contributed by atoms with E-state index in [1.54, 1.807) is 41.5 Å². The van der Waals surface area contributed by atoms with Crippen LogP contribution in [0.5, 0.6) is 5.75 Å². The van der Waals surface area contributed by atoms with Crippen LogP contribution in [-0.4, -0.2) is 61.9 Å². The summed E-state index contributed by atoms with van der Waals surface area (Å²) in [5, 5.41) is 13.5. The summed E-state index contributed by atoms with van der Waals surface area (Å²) >= 11 is 0. The van der Waals surface area contributed by atoms with Gasteiger partial charge >= 0.3 is 6.61 Å². The lowest BCUT2D eigenvalue weighted by Crippen LogP contribution is -2.32. The highest BCUT2D eigenvalue weighted by molar-refractivity contribution is 6.09. The van der Waals surface area contributed by atoms with Crippen molar-refractivity contribution in [2.24, 2.45) is 5.92 Å². The average molecular weight is 532 g/mol. The minimum absolute atomic E-state index is 0.0126. The number of aromatic nitrogens is 5. The van der Waals surface area contributed by atoms with Crippen LogP contribution in [0, 0.1) is 5.92 Å². The van der Waals surface area contributed by atoms with E-state index < -0.39 is 12.5 Å². The molecule has 0 atom stereocenters. The zero-order chi connectivity index (χ0) is 26.9. The van der Waals surface area contributed by atoms with Crippen LogP contribution in [0.1, 0.15) is 23.2 Å². The third-order valence-corrected chi connectivity index (χ3v) is 7.14. The number of amides is 1. The average Bonchev–Trinajstić information content (AvgIpc) is 3.53. The summed E-state index contributed by atoms with van der Waals surface area (Å²) in [6, 6.07) is 12.5. The van der Waals surface area contributed by atoms with E-state index in [4.69, 9.17) is 9.84 Å². The highest BCUT2D eigenvalue weighted by Crippen LogP contribution is 2.38. The molecule has 4 heterocycles. The number of hydrogen-bond donors (Lipinski definition) is 1. The number of carbonyl (C=O) groups is 1. The van der Waals surface area contributed by atoms with Gasteiger partial charge in [0, 0.05) is 30.7 Å². The molecule has 0 bridgehead atoms. The number of benzene rings is 2. The van der Waals surface area contributed by atoms with Gasteiger partial charge in [0.05, 0.1) is 11.9 Å². The fraction of sp³-hybridized carbons (Fsp3) is 0.286. The Bertz CT molecular complexity index is 1640. The molecule has 39 heavy (non-hydrogen) atoms. The fourth-order valence-corrected chi connectivity index (χ4v) is 5.09. The highest BCUT2D eigenvalue weighted by atomic mass is 19.3. The molecule has 1 amide bonds. The maximum Gasteiger partial charge on any atom is 0.387 e. The van der Waals surface area contributed by atoms with Gasteiger partial charge in [-0.1, -0.05) is 24.3 Å². The second kappa shape index (κ2) is 10.4. The van der Waals surface area contributed by atoms with E-state index >= 15 is 0 Å². The van der Waals surface area contributed by atoms with Crippen molar-refractivity contribution in [2.75, 3.05) is 25.5 Å². The Hall–Kier alpha value is -4.38.